The number of hydrogen-bond donors (Lipinski definition) is 0. The Kier molecular flexibility index (Phi) is 23.5. The SMILES string of the molecule is Cc1ccc2c(c1)C(c1ccc(N(c3ccc(-c4ccc(N(c5c(C)cc(C(C)(C)C)cc5C)c5c(C)cc(C(C)(C)C)cc5C)cc4)cc3)c3c(C)cc(C(C)(C)C)cc3C)cc1)(c1ccc(N(c3ccc(-c4ccc(N(c5c(C)cc(C(C)(C)C)cc5C)c5c(C)cc(C(C)(C)C)cc5C)cc4)cc3)c3c(C)cc(C(C)(C)C)cc3C)cc1)c1cc(C)ccc1-2. The molecule has 0 N–H and O–H groups in total. The van der Waals surface area contributed by atoms with Crippen molar-refractivity contribution in [1.82, 2.24) is 0 Å². The molecule has 1 aliphatic rings. The Morgan fingerprint density at radius 2 is 0.331 bits per heavy atom. The van der Waals surface area contributed by atoms with Gasteiger partial charge in [0.25, 0.3) is 0 Å². The second kappa shape index (κ2) is 33.2. The van der Waals surface area contributed by atoms with Crippen LogP contribution >= 0.6 is 0 Å². The number of fused-ring (bicyclic) bond motifs is 3. The van der Waals surface area contributed by atoms with Crippen molar-refractivity contribution in [2.45, 2.75) is 259 Å². The molecule has 14 aromatic rings. The predicted molar refractivity (Wildman–Crippen MR) is 552 cm³/mol. The summed E-state index contributed by atoms with van der Waals surface area (Å²) in [6, 6.07) is 99.8. The van der Waals surface area contributed by atoms with Crippen molar-refractivity contribution in [1.29, 1.82) is 0 Å². The van der Waals surface area contributed by atoms with Crippen LogP contribution in [0.3, 0.4) is 0 Å². The van der Waals surface area contributed by atoms with Crippen molar-refractivity contribution in [3.05, 3.63) is 388 Å². The van der Waals surface area contributed by atoms with Crippen LogP contribution in [-0.2, 0) is 37.9 Å². The first kappa shape index (κ1) is 90.1. The summed E-state index contributed by atoms with van der Waals surface area (Å²) < 4.78 is 0. The van der Waals surface area contributed by atoms with E-state index in [1.807, 2.05) is 0 Å². The Morgan fingerprint density at radius 3 is 0.504 bits per heavy atom. The molecule has 0 radical (unpaired) electrons. The van der Waals surface area contributed by atoms with Gasteiger partial charge < -0.3 is 19.6 Å². The molecule has 0 fully saturated rings. The van der Waals surface area contributed by atoms with Crippen molar-refractivity contribution in [2.24, 2.45) is 0 Å². The fraction of sp³-hybridized carbons (Fsp3) is 0.317. The van der Waals surface area contributed by atoms with Gasteiger partial charge in [0.15, 0.2) is 0 Å². The van der Waals surface area contributed by atoms with E-state index < -0.39 is 5.41 Å². The van der Waals surface area contributed by atoms with Crippen LogP contribution in [0, 0.1) is 96.9 Å². The third-order valence-corrected chi connectivity index (χ3v) is 27.2. The molecule has 14 aromatic carbocycles. The van der Waals surface area contributed by atoms with Crippen molar-refractivity contribution in [3.63, 3.8) is 0 Å². The second-order valence-corrected chi connectivity index (χ2v) is 43.7. The minimum absolute atomic E-state index is 0.0204. The van der Waals surface area contributed by atoms with Crippen molar-refractivity contribution in [2.75, 3.05) is 19.6 Å². The third kappa shape index (κ3) is 17.1. The number of benzene rings is 14. The molecule has 15 rings (SSSR count). The van der Waals surface area contributed by atoms with Gasteiger partial charge in [0.2, 0.25) is 0 Å². The Bertz CT molecular complexity index is 5860. The van der Waals surface area contributed by atoms with Crippen LogP contribution in [0.4, 0.5) is 68.2 Å². The van der Waals surface area contributed by atoms with Gasteiger partial charge in [0.05, 0.1) is 39.5 Å². The largest absolute Gasteiger partial charge is 0.310 e. The van der Waals surface area contributed by atoms with Crippen LogP contribution in [-0.4, -0.2) is 0 Å². The molecule has 127 heavy (non-hydrogen) atoms. The summed E-state index contributed by atoms with van der Waals surface area (Å²) in [5.74, 6) is 0. The first-order valence-electron chi connectivity index (χ1n) is 46.3. The number of hydrogen-bond acceptors (Lipinski definition) is 4. The van der Waals surface area contributed by atoms with E-state index in [1.54, 1.807) is 0 Å². The molecule has 0 bridgehead atoms. The van der Waals surface area contributed by atoms with Crippen LogP contribution in [0.15, 0.2) is 255 Å². The number of nitrogens with zero attached hydrogens (tertiary/aromatic N) is 4. The van der Waals surface area contributed by atoms with Crippen LogP contribution in [0.1, 0.15) is 258 Å². The van der Waals surface area contributed by atoms with Gasteiger partial charge in [-0.25, -0.2) is 0 Å². The maximum Gasteiger partial charge on any atom is 0.0713 e. The summed E-state index contributed by atoms with van der Waals surface area (Å²) in [4.78, 5) is 10.1. The molecular weight excluding hydrogens is 1530 g/mol. The summed E-state index contributed by atoms with van der Waals surface area (Å²) >= 11 is 0. The van der Waals surface area contributed by atoms with E-state index in [4.69, 9.17) is 0 Å². The van der Waals surface area contributed by atoms with Gasteiger partial charge in [-0.2, -0.15) is 0 Å². The number of aryl methyl sites for hydroxylation is 14. The van der Waals surface area contributed by atoms with Gasteiger partial charge >= 0.3 is 0 Å². The van der Waals surface area contributed by atoms with Gasteiger partial charge in [-0.3, -0.25) is 0 Å². The van der Waals surface area contributed by atoms with E-state index in [0.717, 1.165) is 56.4 Å². The number of anilines is 12. The fourth-order valence-corrected chi connectivity index (χ4v) is 20.3. The molecule has 650 valence electrons. The van der Waals surface area contributed by atoms with E-state index in [9.17, 15) is 0 Å². The summed E-state index contributed by atoms with van der Waals surface area (Å²) in [7, 11) is 0. The lowest BCUT2D eigenvalue weighted by atomic mass is 9.67. The third-order valence-electron chi connectivity index (χ3n) is 27.2. The van der Waals surface area contributed by atoms with Gasteiger partial charge in [-0.05, 0) is 358 Å². The Hall–Kier alpha value is -11.7. The molecule has 4 heteroatoms. The average Bonchev–Trinajstić information content (AvgIpc) is 1.54. The molecular formula is C123H138N4. The standard InChI is InChI=1S/C123H138N4/c1-75-33-59-107-108-60-34-76(2)62-110(108)123(109(107)61-75,93-43-55-103(56-44-93)124(111-77(3)63-95(64-78(111)4)117(15,16)17)101-47-35-89(36-48-101)91-39-51-105(52-40-91)126(113-81(7)67-97(68-82(113)8)119(21,22)23)114-83(9)69-98(70-84(114)10)120(24,25)26)94-45-57-104(58-46-94)125(112-79(5)65-96(66-80(112)6)118(18,19)20)102-49-37-90(38-50-102)92-41-53-106(54-42-92)127(115-85(11)71-99(72-86(115)12)121(27,28)29)116-87(13)73-100(74-88(116)14)122(30,31)32/h33-74H,1-32H3. The highest BCUT2D eigenvalue weighted by Gasteiger charge is 2.47. The molecule has 0 amide bonds. The van der Waals surface area contributed by atoms with Crippen molar-refractivity contribution < 1.29 is 0 Å². The second-order valence-electron chi connectivity index (χ2n) is 43.7. The smallest absolute Gasteiger partial charge is 0.0713 e. The van der Waals surface area contributed by atoms with Gasteiger partial charge in [-0.1, -0.05) is 318 Å². The van der Waals surface area contributed by atoms with Crippen LogP contribution < -0.4 is 19.6 Å². The normalized spacial score (nSPS) is 12.9. The topological polar surface area (TPSA) is 13.0 Å². The highest BCUT2D eigenvalue weighted by molar-refractivity contribution is 5.92. The lowest BCUT2D eigenvalue weighted by molar-refractivity contribution is 0.588. The van der Waals surface area contributed by atoms with Crippen molar-refractivity contribution >= 4 is 68.2 Å². The Morgan fingerprint density at radius 1 is 0.173 bits per heavy atom. The molecule has 4 nitrogen and oxygen atoms in total. The molecule has 0 unspecified atom stereocenters. The summed E-state index contributed by atoms with van der Waals surface area (Å²) in [6.07, 6.45) is 0. The summed E-state index contributed by atoms with van der Waals surface area (Å²) in [5, 5.41) is 0. The quantitative estimate of drug-likeness (QED) is 0.0956. The summed E-state index contributed by atoms with van der Waals surface area (Å²) in [5.41, 5.74) is 51.1. The molecule has 1 aliphatic carbocycles. The monoisotopic (exact) mass is 1670 g/mol. The van der Waals surface area contributed by atoms with E-state index >= 15 is 0 Å². The molecule has 0 spiro atoms. The van der Waals surface area contributed by atoms with Crippen LogP contribution in [0.25, 0.3) is 33.4 Å². The molecule has 0 heterocycles. The lowest BCUT2D eigenvalue weighted by Crippen LogP contribution is -2.29. The molecule has 0 aliphatic heterocycles. The van der Waals surface area contributed by atoms with E-state index in [-0.39, 0.29) is 32.5 Å². The Balaban J connectivity index is 0.822. The van der Waals surface area contributed by atoms with E-state index in [2.05, 4.69) is 496 Å². The fourth-order valence-electron chi connectivity index (χ4n) is 20.3. The van der Waals surface area contributed by atoms with Crippen LogP contribution in [0.2, 0.25) is 0 Å². The highest BCUT2D eigenvalue weighted by Crippen LogP contribution is 2.59. The van der Waals surface area contributed by atoms with Crippen molar-refractivity contribution in [3.8, 4) is 33.4 Å². The zero-order chi connectivity index (χ0) is 91.8. The summed E-state index contributed by atoms with van der Waals surface area (Å²) in [6.45, 7) is 73.8. The minimum Gasteiger partial charge on any atom is -0.310 e. The zero-order valence-electron chi connectivity index (χ0n) is 82.5. The van der Waals surface area contributed by atoms with E-state index in [0.29, 0.717) is 0 Å². The molecule has 0 aromatic heterocycles. The number of rotatable bonds is 16. The predicted octanol–water partition coefficient (Wildman–Crippen LogP) is 35.4. The first-order valence-corrected chi connectivity index (χ1v) is 46.3. The first-order chi connectivity index (χ1) is 59.5. The zero-order valence-corrected chi connectivity index (χ0v) is 82.5. The lowest BCUT2D eigenvalue weighted by Gasteiger charge is -2.36. The molecule has 0 saturated carbocycles. The maximum absolute atomic E-state index is 2.53. The minimum atomic E-state index is -0.690. The highest BCUT2D eigenvalue weighted by atomic mass is 15.2. The Labute approximate surface area is 763 Å². The maximum atomic E-state index is 2.53. The van der Waals surface area contributed by atoms with Gasteiger partial charge in [-0.15, -0.1) is 0 Å². The van der Waals surface area contributed by atoms with Gasteiger partial charge in [0.1, 0.15) is 0 Å². The van der Waals surface area contributed by atoms with Crippen LogP contribution in [0.5, 0.6) is 0 Å². The molecule has 0 saturated heterocycles. The van der Waals surface area contributed by atoms with E-state index in [1.165, 1.54) is 179 Å². The molecule has 0 atom stereocenters. The van der Waals surface area contributed by atoms with Gasteiger partial charge in [0, 0.05) is 34.1 Å². The average molecular weight is 1670 g/mol.